The lowest BCUT2D eigenvalue weighted by Gasteiger charge is -2.28. The molecule has 0 bridgehead atoms. The fraction of sp³-hybridized carbons (Fsp3) is 0.455. The maximum atomic E-state index is 9.53. The van der Waals surface area contributed by atoms with E-state index in [-0.39, 0.29) is 12.6 Å². The summed E-state index contributed by atoms with van der Waals surface area (Å²) in [6.07, 6.45) is -0.593. The molecule has 0 saturated heterocycles. The molecule has 1 aromatic carbocycles. The van der Waals surface area contributed by atoms with Crippen LogP contribution in [0, 0.1) is 13.8 Å². The molecule has 76 valence electrons. The van der Waals surface area contributed by atoms with Gasteiger partial charge in [0.1, 0.15) is 18.5 Å². The highest BCUT2D eigenvalue weighted by atomic mass is 16.5. The van der Waals surface area contributed by atoms with Crippen LogP contribution in [0.3, 0.4) is 0 Å². The summed E-state index contributed by atoms with van der Waals surface area (Å²) < 4.78 is 5.41. The van der Waals surface area contributed by atoms with Crippen molar-refractivity contribution in [1.29, 1.82) is 0 Å². The monoisotopic (exact) mass is 193 g/mol. The minimum atomic E-state index is -0.593. The first-order chi connectivity index (χ1) is 6.59. The van der Waals surface area contributed by atoms with Crippen molar-refractivity contribution in [3.05, 3.63) is 28.8 Å². The smallest absolute Gasteiger partial charge is 0.124 e. The summed E-state index contributed by atoms with van der Waals surface area (Å²) >= 11 is 0. The quantitative estimate of drug-likeness (QED) is 0.647. The zero-order valence-corrected chi connectivity index (χ0v) is 8.45. The van der Waals surface area contributed by atoms with Crippen molar-refractivity contribution in [3.8, 4) is 5.75 Å². The fourth-order valence-electron chi connectivity index (χ4n) is 1.68. The first kappa shape index (κ1) is 9.49. The zero-order valence-electron chi connectivity index (χ0n) is 8.45. The summed E-state index contributed by atoms with van der Waals surface area (Å²) in [5.41, 5.74) is 9.15. The van der Waals surface area contributed by atoms with Gasteiger partial charge in [0.05, 0.1) is 6.04 Å². The number of rotatable bonds is 0. The molecule has 1 aliphatic heterocycles. The first-order valence-electron chi connectivity index (χ1n) is 4.77. The molecule has 0 radical (unpaired) electrons. The Morgan fingerprint density at radius 1 is 1.36 bits per heavy atom. The molecule has 0 spiro atoms. The number of nitrogens with two attached hydrogens (primary N) is 1. The van der Waals surface area contributed by atoms with Crippen molar-refractivity contribution in [2.45, 2.75) is 26.0 Å². The molecule has 3 nitrogen and oxygen atoms in total. The van der Waals surface area contributed by atoms with Gasteiger partial charge in [-0.3, -0.25) is 0 Å². The average molecular weight is 193 g/mol. The van der Waals surface area contributed by atoms with Crippen molar-refractivity contribution in [2.24, 2.45) is 5.73 Å². The van der Waals surface area contributed by atoms with E-state index in [0.29, 0.717) is 0 Å². The minimum Gasteiger partial charge on any atom is -0.490 e. The van der Waals surface area contributed by atoms with Gasteiger partial charge in [0.15, 0.2) is 0 Å². The number of hydrogen-bond acceptors (Lipinski definition) is 3. The van der Waals surface area contributed by atoms with E-state index >= 15 is 0 Å². The van der Waals surface area contributed by atoms with E-state index in [1.807, 2.05) is 26.0 Å². The van der Waals surface area contributed by atoms with Crippen LogP contribution in [-0.2, 0) is 0 Å². The summed E-state index contributed by atoms with van der Waals surface area (Å²) in [6.45, 7) is 4.36. The molecule has 2 rings (SSSR count). The number of hydrogen-bond donors (Lipinski definition) is 2. The third-order valence-corrected chi connectivity index (χ3v) is 2.81. The van der Waals surface area contributed by atoms with E-state index in [1.54, 1.807) is 0 Å². The van der Waals surface area contributed by atoms with E-state index in [9.17, 15) is 5.11 Å². The molecule has 0 amide bonds. The Balaban J connectivity index is 2.50. The van der Waals surface area contributed by atoms with Crippen LogP contribution in [0.15, 0.2) is 12.1 Å². The summed E-state index contributed by atoms with van der Waals surface area (Å²) in [4.78, 5) is 0. The van der Waals surface area contributed by atoms with Crippen LogP contribution in [-0.4, -0.2) is 17.8 Å². The largest absolute Gasteiger partial charge is 0.490 e. The molecular weight excluding hydrogens is 178 g/mol. The molecule has 0 aliphatic carbocycles. The van der Waals surface area contributed by atoms with Crippen LogP contribution in [0.5, 0.6) is 5.75 Å². The number of benzene rings is 1. The highest BCUT2D eigenvalue weighted by Gasteiger charge is 2.26. The van der Waals surface area contributed by atoms with Crippen LogP contribution >= 0.6 is 0 Å². The summed E-state index contributed by atoms with van der Waals surface area (Å²) in [5.74, 6) is 0.811. The third kappa shape index (κ3) is 1.38. The summed E-state index contributed by atoms with van der Waals surface area (Å²) in [6, 6.07) is 3.66. The average Bonchev–Trinajstić information content (AvgIpc) is 2.15. The number of aliphatic hydroxyl groups is 1. The summed E-state index contributed by atoms with van der Waals surface area (Å²) in [7, 11) is 0. The molecule has 3 N–H and O–H groups in total. The number of aryl methyl sites for hydroxylation is 2. The number of ether oxygens (including phenoxy) is 1. The van der Waals surface area contributed by atoms with Crippen LogP contribution in [0.2, 0.25) is 0 Å². The predicted molar refractivity (Wildman–Crippen MR) is 54.3 cm³/mol. The molecule has 1 aliphatic rings. The number of fused-ring (bicyclic) bond motifs is 1. The SMILES string of the molecule is Cc1cc2c(cc1C)[C@H](N)[C@H](O)CO2. The van der Waals surface area contributed by atoms with Gasteiger partial charge in [-0.2, -0.15) is 0 Å². The topological polar surface area (TPSA) is 55.5 Å². The Labute approximate surface area is 83.5 Å². The highest BCUT2D eigenvalue weighted by Crippen LogP contribution is 2.32. The van der Waals surface area contributed by atoms with Crippen LogP contribution in [0.1, 0.15) is 22.7 Å². The van der Waals surface area contributed by atoms with Crippen molar-refractivity contribution in [1.82, 2.24) is 0 Å². The molecule has 0 aromatic heterocycles. The van der Waals surface area contributed by atoms with Gasteiger partial charge >= 0.3 is 0 Å². The molecule has 3 heteroatoms. The van der Waals surface area contributed by atoms with E-state index in [0.717, 1.165) is 11.3 Å². The second-order valence-corrected chi connectivity index (χ2v) is 3.88. The van der Waals surface area contributed by atoms with Crippen molar-refractivity contribution >= 4 is 0 Å². The maximum Gasteiger partial charge on any atom is 0.124 e. The standard InChI is InChI=1S/C11H15NO2/c1-6-3-8-10(4-7(6)2)14-5-9(13)11(8)12/h3-4,9,11,13H,5,12H2,1-2H3/t9-,11+/m1/s1. The van der Waals surface area contributed by atoms with E-state index in [4.69, 9.17) is 10.5 Å². The van der Waals surface area contributed by atoms with Gasteiger partial charge in [0.2, 0.25) is 0 Å². The van der Waals surface area contributed by atoms with Crippen molar-refractivity contribution in [3.63, 3.8) is 0 Å². The zero-order chi connectivity index (χ0) is 10.3. The Bertz CT molecular complexity index is 363. The molecule has 1 aromatic rings. The van der Waals surface area contributed by atoms with Crippen LogP contribution in [0.25, 0.3) is 0 Å². The third-order valence-electron chi connectivity index (χ3n) is 2.81. The molecule has 0 saturated carbocycles. The lowest BCUT2D eigenvalue weighted by molar-refractivity contribution is 0.0678. The van der Waals surface area contributed by atoms with Gasteiger partial charge in [0, 0.05) is 5.56 Å². The highest BCUT2D eigenvalue weighted by molar-refractivity contribution is 5.44. The molecule has 14 heavy (non-hydrogen) atoms. The molecule has 2 atom stereocenters. The normalized spacial score (nSPS) is 25.4. The lowest BCUT2D eigenvalue weighted by Crippen LogP contribution is -2.35. The maximum absolute atomic E-state index is 9.53. The van der Waals surface area contributed by atoms with Crippen molar-refractivity contribution < 1.29 is 9.84 Å². The van der Waals surface area contributed by atoms with E-state index < -0.39 is 6.10 Å². The number of aliphatic hydroxyl groups excluding tert-OH is 1. The summed E-state index contributed by atoms with van der Waals surface area (Å²) in [5, 5.41) is 9.53. The Hall–Kier alpha value is -1.06. The van der Waals surface area contributed by atoms with Gasteiger partial charge in [-0.25, -0.2) is 0 Å². The van der Waals surface area contributed by atoms with E-state index in [2.05, 4.69) is 0 Å². The fourth-order valence-corrected chi connectivity index (χ4v) is 1.68. The van der Waals surface area contributed by atoms with Crippen molar-refractivity contribution in [2.75, 3.05) is 6.61 Å². The van der Waals surface area contributed by atoms with Gasteiger partial charge in [0.25, 0.3) is 0 Å². The van der Waals surface area contributed by atoms with Crippen LogP contribution < -0.4 is 10.5 Å². The van der Waals surface area contributed by atoms with E-state index in [1.165, 1.54) is 11.1 Å². The van der Waals surface area contributed by atoms with Gasteiger partial charge < -0.3 is 15.6 Å². The Kier molecular flexibility index (Phi) is 2.21. The minimum absolute atomic E-state index is 0.288. The molecule has 0 fully saturated rings. The predicted octanol–water partition coefficient (Wildman–Crippen LogP) is 1.06. The second-order valence-electron chi connectivity index (χ2n) is 3.88. The first-order valence-corrected chi connectivity index (χ1v) is 4.77. The lowest BCUT2D eigenvalue weighted by atomic mass is 9.95. The van der Waals surface area contributed by atoms with Crippen LogP contribution in [0.4, 0.5) is 0 Å². The molecule has 1 heterocycles. The van der Waals surface area contributed by atoms with Gasteiger partial charge in [-0.15, -0.1) is 0 Å². The van der Waals surface area contributed by atoms with Gasteiger partial charge in [-0.05, 0) is 31.0 Å². The second kappa shape index (κ2) is 3.26. The molecule has 0 unspecified atom stereocenters. The Morgan fingerprint density at radius 3 is 2.71 bits per heavy atom. The van der Waals surface area contributed by atoms with Gasteiger partial charge in [-0.1, -0.05) is 6.07 Å². The molecular formula is C11H15NO2. The Morgan fingerprint density at radius 2 is 2.00 bits per heavy atom.